The van der Waals surface area contributed by atoms with Gasteiger partial charge in [-0.25, -0.2) is 8.42 Å². The SMILES string of the molecule is CC(=O)NCc1ccc(S(=O)(=O)N(C)CCC(=O)O)s1. The second-order valence-electron chi connectivity index (χ2n) is 4.10. The van der Waals surface area contributed by atoms with E-state index in [0.29, 0.717) is 4.88 Å². The second-order valence-corrected chi connectivity index (χ2v) is 7.54. The Hall–Kier alpha value is -1.45. The molecular formula is C11H16N2O5S2. The van der Waals surface area contributed by atoms with Crippen molar-refractivity contribution in [1.82, 2.24) is 9.62 Å². The van der Waals surface area contributed by atoms with E-state index in [2.05, 4.69) is 5.32 Å². The number of sulfonamides is 1. The van der Waals surface area contributed by atoms with Crippen molar-refractivity contribution in [1.29, 1.82) is 0 Å². The van der Waals surface area contributed by atoms with Crippen LogP contribution in [0.3, 0.4) is 0 Å². The molecule has 0 fully saturated rings. The van der Waals surface area contributed by atoms with E-state index < -0.39 is 16.0 Å². The van der Waals surface area contributed by atoms with E-state index in [0.717, 1.165) is 15.6 Å². The molecule has 0 saturated heterocycles. The van der Waals surface area contributed by atoms with Crippen molar-refractivity contribution in [3.8, 4) is 0 Å². The molecule has 0 aliphatic rings. The van der Waals surface area contributed by atoms with Crippen LogP contribution in [0.2, 0.25) is 0 Å². The van der Waals surface area contributed by atoms with Gasteiger partial charge in [0.15, 0.2) is 0 Å². The fourth-order valence-electron chi connectivity index (χ4n) is 1.33. The van der Waals surface area contributed by atoms with Crippen molar-refractivity contribution in [3.63, 3.8) is 0 Å². The highest BCUT2D eigenvalue weighted by molar-refractivity contribution is 7.91. The Kier molecular flexibility index (Phi) is 5.66. The van der Waals surface area contributed by atoms with Crippen molar-refractivity contribution in [2.45, 2.75) is 24.1 Å². The minimum Gasteiger partial charge on any atom is -0.481 e. The molecule has 0 saturated carbocycles. The van der Waals surface area contributed by atoms with E-state index in [1.807, 2.05) is 0 Å². The van der Waals surface area contributed by atoms with Crippen LogP contribution in [-0.4, -0.2) is 43.3 Å². The maximum absolute atomic E-state index is 12.2. The van der Waals surface area contributed by atoms with Gasteiger partial charge in [0.1, 0.15) is 4.21 Å². The van der Waals surface area contributed by atoms with Gasteiger partial charge in [-0.15, -0.1) is 11.3 Å². The monoisotopic (exact) mass is 320 g/mol. The quantitative estimate of drug-likeness (QED) is 0.760. The van der Waals surface area contributed by atoms with Crippen molar-refractivity contribution in [2.75, 3.05) is 13.6 Å². The van der Waals surface area contributed by atoms with E-state index >= 15 is 0 Å². The molecule has 0 unspecified atom stereocenters. The average molecular weight is 320 g/mol. The molecule has 1 amide bonds. The van der Waals surface area contributed by atoms with Crippen LogP contribution in [0.25, 0.3) is 0 Å². The number of carbonyl (C=O) groups is 2. The van der Waals surface area contributed by atoms with Gasteiger partial charge in [-0.1, -0.05) is 0 Å². The number of thiophene rings is 1. The molecule has 0 aliphatic heterocycles. The van der Waals surface area contributed by atoms with Gasteiger partial charge in [0, 0.05) is 25.4 Å². The summed E-state index contributed by atoms with van der Waals surface area (Å²) in [6.45, 7) is 1.57. The molecule has 0 aromatic carbocycles. The first kappa shape index (κ1) is 16.6. The molecular weight excluding hydrogens is 304 g/mol. The maximum atomic E-state index is 12.2. The first-order valence-electron chi connectivity index (χ1n) is 5.74. The summed E-state index contributed by atoms with van der Waals surface area (Å²) >= 11 is 1.05. The molecule has 0 radical (unpaired) electrons. The van der Waals surface area contributed by atoms with Crippen molar-refractivity contribution in [2.24, 2.45) is 0 Å². The Morgan fingerprint density at radius 2 is 2.05 bits per heavy atom. The number of carboxylic acids is 1. The molecule has 1 rings (SSSR count). The summed E-state index contributed by atoms with van der Waals surface area (Å²) < 4.78 is 25.4. The first-order valence-corrected chi connectivity index (χ1v) is 8.00. The van der Waals surface area contributed by atoms with E-state index in [1.54, 1.807) is 6.07 Å². The third-order valence-corrected chi connectivity index (χ3v) is 5.86. The number of hydrogen-bond donors (Lipinski definition) is 2. The average Bonchev–Trinajstić information content (AvgIpc) is 2.82. The maximum Gasteiger partial charge on any atom is 0.304 e. The fourth-order valence-corrected chi connectivity index (χ4v) is 4.01. The second kappa shape index (κ2) is 6.82. The summed E-state index contributed by atoms with van der Waals surface area (Å²) in [6.07, 6.45) is -0.250. The van der Waals surface area contributed by atoms with Crippen LogP contribution in [0, 0.1) is 0 Å². The molecule has 1 aromatic heterocycles. The van der Waals surface area contributed by atoms with E-state index in [1.165, 1.54) is 20.0 Å². The molecule has 1 heterocycles. The molecule has 9 heteroatoms. The third-order valence-electron chi connectivity index (χ3n) is 2.45. The minimum absolute atomic E-state index is 0.0867. The summed E-state index contributed by atoms with van der Waals surface area (Å²) in [6, 6.07) is 3.08. The lowest BCUT2D eigenvalue weighted by molar-refractivity contribution is -0.137. The topological polar surface area (TPSA) is 104 Å². The minimum atomic E-state index is -3.68. The van der Waals surface area contributed by atoms with E-state index in [4.69, 9.17) is 5.11 Å². The first-order chi connectivity index (χ1) is 9.23. The Morgan fingerprint density at radius 1 is 1.40 bits per heavy atom. The van der Waals surface area contributed by atoms with Crippen LogP contribution in [-0.2, 0) is 26.2 Å². The zero-order valence-corrected chi connectivity index (χ0v) is 12.8. The Morgan fingerprint density at radius 3 is 2.60 bits per heavy atom. The molecule has 1 aromatic rings. The smallest absolute Gasteiger partial charge is 0.304 e. The normalized spacial score (nSPS) is 11.6. The van der Waals surface area contributed by atoms with Crippen LogP contribution in [0.15, 0.2) is 16.3 Å². The van der Waals surface area contributed by atoms with Gasteiger partial charge in [0.25, 0.3) is 10.0 Å². The van der Waals surface area contributed by atoms with Gasteiger partial charge >= 0.3 is 5.97 Å². The molecule has 2 N–H and O–H groups in total. The molecule has 112 valence electrons. The van der Waals surface area contributed by atoms with Gasteiger partial charge in [0.05, 0.1) is 13.0 Å². The molecule has 7 nitrogen and oxygen atoms in total. The summed E-state index contributed by atoms with van der Waals surface area (Å²) in [7, 11) is -2.34. The van der Waals surface area contributed by atoms with Crippen molar-refractivity contribution >= 4 is 33.2 Å². The van der Waals surface area contributed by atoms with Crippen LogP contribution >= 0.6 is 11.3 Å². The van der Waals surface area contributed by atoms with Crippen molar-refractivity contribution in [3.05, 3.63) is 17.0 Å². The number of aliphatic carboxylic acids is 1. The standard InChI is InChI=1S/C11H16N2O5S2/c1-8(14)12-7-9-3-4-11(19-9)20(17,18)13(2)6-5-10(15)16/h3-4H,5-7H2,1-2H3,(H,12,14)(H,15,16). The highest BCUT2D eigenvalue weighted by Gasteiger charge is 2.23. The van der Waals surface area contributed by atoms with Gasteiger partial charge in [-0.3, -0.25) is 9.59 Å². The number of rotatable bonds is 7. The predicted molar refractivity (Wildman–Crippen MR) is 73.9 cm³/mol. The molecule has 0 spiro atoms. The lowest BCUT2D eigenvalue weighted by Gasteiger charge is -2.14. The lowest BCUT2D eigenvalue weighted by Crippen LogP contribution is -2.28. The van der Waals surface area contributed by atoms with Gasteiger partial charge in [-0.2, -0.15) is 4.31 Å². The number of nitrogens with one attached hydrogen (secondary N) is 1. The number of carbonyl (C=O) groups excluding carboxylic acids is 1. The molecule has 20 heavy (non-hydrogen) atoms. The highest BCUT2D eigenvalue weighted by Crippen LogP contribution is 2.24. The Bertz CT molecular complexity index is 594. The number of carboxylic acid groups (broad SMARTS) is 1. The van der Waals surface area contributed by atoms with Crippen molar-refractivity contribution < 1.29 is 23.1 Å². The lowest BCUT2D eigenvalue weighted by atomic mass is 10.4. The summed E-state index contributed by atoms with van der Waals surface area (Å²) in [5.41, 5.74) is 0. The van der Waals surface area contributed by atoms with Crippen LogP contribution in [0.1, 0.15) is 18.2 Å². The highest BCUT2D eigenvalue weighted by atomic mass is 32.2. The van der Waals surface area contributed by atoms with E-state index in [-0.39, 0.29) is 29.6 Å². The van der Waals surface area contributed by atoms with Crippen LogP contribution in [0.4, 0.5) is 0 Å². The van der Waals surface area contributed by atoms with Gasteiger partial charge in [0.2, 0.25) is 5.91 Å². The van der Waals surface area contributed by atoms with Gasteiger partial charge < -0.3 is 10.4 Å². The summed E-state index contributed by atoms with van der Waals surface area (Å²) in [4.78, 5) is 22.0. The predicted octanol–water partition coefficient (Wildman–Crippen LogP) is 0.479. The summed E-state index contributed by atoms with van der Waals surface area (Å²) in [5, 5.41) is 11.1. The number of hydrogen-bond acceptors (Lipinski definition) is 5. The number of amides is 1. The summed E-state index contributed by atoms with van der Waals surface area (Å²) in [5.74, 6) is -1.24. The zero-order chi connectivity index (χ0) is 15.3. The molecule has 0 bridgehead atoms. The van der Waals surface area contributed by atoms with Gasteiger partial charge in [-0.05, 0) is 12.1 Å². The third kappa shape index (κ3) is 4.58. The zero-order valence-electron chi connectivity index (χ0n) is 11.1. The molecule has 0 atom stereocenters. The largest absolute Gasteiger partial charge is 0.481 e. The Balaban J connectivity index is 2.77. The Labute approximate surface area is 121 Å². The molecule has 0 aliphatic carbocycles. The fraction of sp³-hybridized carbons (Fsp3) is 0.455. The van der Waals surface area contributed by atoms with Crippen LogP contribution in [0.5, 0.6) is 0 Å². The van der Waals surface area contributed by atoms with Crippen LogP contribution < -0.4 is 5.32 Å². The van der Waals surface area contributed by atoms with E-state index in [9.17, 15) is 18.0 Å². The number of nitrogens with zero attached hydrogens (tertiary/aromatic N) is 1.